The molecule has 0 radical (unpaired) electrons. The van der Waals surface area contributed by atoms with Crippen molar-refractivity contribution < 1.29 is 9.53 Å². The molecule has 0 heterocycles. The van der Waals surface area contributed by atoms with Gasteiger partial charge in [0.15, 0.2) is 0 Å². The number of benzene rings is 1. The van der Waals surface area contributed by atoms with Gasteiger partial charge < -0.3 is 4.74 Å². The number of carbonyl (C=O) groups excluding carboxylic acids is 1. The maximum atomic E-state index is 11.1. The lowest BCUT2D eigenvalue weighted by Crippen LogP contribution is -2.07. The first-order valence-corrected chi connectivity index (χ1v) is 5.27. The molecule has 0 bridgehead atoms. The van der Waals surface area contributed by atoms with Crippen LogP contribution in [0.5, 0.6) is 5.75 Å². The standard InChI is InChI=1S/C13H18O2/c1-10(11(2)14)8-9-12-6-4-5-7-13(12)15-3/h4-7,10H,8-9H2,1-3H3. The molecule has 0 saturated carbocycles. The second-order valence-corrected chi connectivity index (χ2v) is 3.86. The minimum absolute atomic E-state index is 0.134. The van der Waals surface area contributed by atoms with Crippen molar-refractivity contribution in [3.63, 3.8) is 0 Å². The second-order valence-electron chi connectivity index (χ2n) is 3.86. The number of rotatable bonds is 5. The lowest BCUT2D eigenvalue weighted by Gasteiger charge is -2.10. The highest BCUT2D eigenvalue weighted by Crippen LogP contribution is 2.20. The maximum absolute atomic E-state index is 11.1. The van der Waals surface area contributed by atoms with Crippen molar-refractivity contribution in [2.45, 2.75) is 26.7 Å². The molecule has 0 N–H and O–H groups in total. The van der Waals surface area contributed by atoms with Gasteiger partial charge in [0.25, 0.3) is 0 Å². The molecule has 1 unspecified atom stereocenters. The van der Waals surface area contributed by atoms with Gasteiger partial charge >= 0.3 is 0 Å². The number of methoxy groups -OCH3 is 1. The van der Waals surface area contributed by atoms with E-state index in [1.54, 1.807) is 14.0 Å². The minimum Gasteiger partial charge on any atom is -0.496 e. The first kappa shape index (κ1) is 11.8. The summed E-state index contributed by atoms with van der Waals surface area (Å²) in [5.41, 5.74) is 1.17. The summed E-state index contributed by atoms with van der Waals surface area (Å²) in [5.74, 6) is 1.30. The highest BCUT2D eigenvalue weighted by molar-refractivity contribution is 5.77. The zero-order valence-electron chi connectivity index (χ0n) is 9.62. The molecule has 0 aliphatic heterocycles. The summed E-state index contributed by atoms with van der Waals surface area (Å²) in [6.07, 6.45) is 1.78. The summed E-state index contributed by atoms with van der Waals surface area (Å²) in [5, 5.41) is 0. The van der Waals surface area contributed by atoms with E-state index in [1.807, 2.05) is 31.2 Å². The first-order valence-electron chi connectivity index (χ1n) is 5.27. The Hall–Kier alpha value is -1.31. The number of ether oxygens (including phenoxy) is 1. The number of hydrogen-bond donors (Lipinski definition) is 0. The van der Waals surface area contributed by atoms with E-state index in [9.17, 15) is 4.79 Å². The van der Waals surface area contributed by atoms with E-state index in [0.29, 0.717) is 0 Å². The topological polar surface area (TPSA) is 26.3 Å². The van der Waals surface area contributed by atoms with Crippen LogP contribution in [0.1, 0.15) is 25.8 Å². The number of ketones is 1. The molecule has 0 aliphatic carbocycles. The van der Waals surface area contributed by atoms with Gasteiger partial charge in [-0.2, -0.15) is 0 Å². The summed E-state index contributed by atoms with van der Waals surface area (Å²) in [6, 6.07) is 7.95. The molecule has 2 heteroatoms. The molecular weight excluding hydrogens is 188 g/mol. The molecule has 2 nitrogen and oxygen atoms in total. The van der Waals surface area contributed by atoms with E-state index >= 15 is 0 Å². The van der Waals surface area contributed by atoms with Crippen LogP contribution in [0.2, 0.25) is 0 Å². The van der Waals surface area contributed by atoms with Crippen molar-refractivity contribution in [2.75, 3.05) is 7.11 Å². The van der Waals surface area contributed by atoms with E-state index in [0.717, 1.165) is 18.6 Å². The third kappa shape index (κ3) is 3.39. The Morgan fingerprint density at radius 1 is 1.40 bits per heavy atom. The van der Waals surface area contributed by atoms with Gasteiger partial charge in [-0.05, 0) is 31.4 Å². The van der Waals surface area contributed by atoms with Crippen LogP contribution < -0.4 is 4.74 Å². The predicted octanol–water partition coefficient (Wildman–Crippen LogP) is 2.85. The predicted molar refractivity (Wildman–Crippen MR) is 61.2 cm³/mol. The zero-order chi connectivity index (χ0) is 11.3. The Balaban J connectivity index is 2.60. The Morgan fingerprint density at radius 3 is 2.67 bits per heavy atom. The molecule has 1 aromatic rings. The van der Waals surface area contributed by atoms with Gasteiger partial charge in [0.2, 0.25) is 0 Å². The monoisotopic (exact) mass is 206 g/mol. The van der Waals surface area contributed by atoms with Crippen LogP contribution in [0.25, 0.3) is 0 Å². The second kappa shape index (κ2) is 5.54. The van der Waals surface area contributed by atoms with Crippen molar-refractivity contribution in [1.82, 2.24) is 0 Å². The largest absolute Gasteiger partial charge is 0.496 e. The Morgan fingerprint density at radius 2 is 2.07 bits per heavy atom. The van der Waals surface area contributed by atoms with E-state index in [-0.39, 0.29) is 11.7 Å². The molecule has 1 aromatic carbocycles. The molecule has 0 fully saturated rings. The van der Waals surface area contributed by atoms with Gasteiger partial charge in [0.05, 0.1) is 7.11 Å². The van der Waals surface area contributed by atoms with Gasteiger partial charge in [0, 0.05) is 5.92 Å². The van der Waals surface area contributed by atoms with Crippen molar-refractivity contribution in [3.8, 4) is 5.75 Å². The fraction of sp³-hybridized carbons (Fsp3) is 0.462. The van der Waals surface area contributed by atoms with Crippen molar-refractivity contribution in [1.29, 1.82) is 0 Å². The van der Waals surface area contributed by atoms with Crippen LogP contribution in [-0.2, 0) is 11.2 Å². The summed E-state index contributed by atoms with van der Waals surface area (Å²) < 4.78 is 5.25. The maximum Gasteiger partial charge on any atom is 0.132 e. The fourth-order valence-corrected chi connectivity index (χ4v) is 1.48. The summed E-state index contributed by atoms with van der Waals surface area (Å²) in [6.45, 7) is 3.62. The molecule has 1 rings (SSSR count). The summed E-state index contributed by atoms with van der Waals surface area (Å²) in [4.78, 5) is 11.1. The van der Waals surface area contributed by atoms with Gasteiger partial charge in [-0.3, -0.25) is 4.79 Å². The Bertz CT molecular complexity index is 331. The minimum atomic E-state index is 0.134. The normalized spacial score (nSPS) is 12.2. The third-order valence-corrected chi connectivity index (χ3v) is 2.73. The van der Waals surface area contributed by atoms with Crippen LogP contribution in [0.4, 0.5) is 0 Å². The first-order chi connectivity index (χ1) is 7.15. The van der Waals surface area contributed by atoms with Crippen LogP contribution in [0.3, 0.4) is 0 Å². The van der Waals surface area contributed by atoms with E-state index in [4.69, 9.17) is 4.74 Å². The number of para-hydroxylation sites is 1. The summed E-state index contributed by atoms with van der Waals surface area (Å²) in [7, 11) is 1.67. The number of Topliss-reactive ketones (excluding diaryl/α,β-unsaturated/α-hetero) is 1. The van der Waals surface area contributed by atoms with Crippen LogP contribution in [0, 0.1) is 5.92 Å². The average molecular weight is 206 g/mol. The molecule has 0 amide bonds. The third-order valence-electron chi connectivity index (χ3n) is 2.73. The van der Waals surface area contributed by atoms with Gasteiger partial charge in [-0.1, -0.05) is 25.1 Å². The highest BCUT2D eigenvalue weighted by Gasteiger charge is 2.09. The van der Waals surface area contributed by atoms with Crippen molar-refractivity contribution in [2.24, 2.45) is 5.92 Å². The lowest BCUT2D eigenvalue weighted by molar-refractivity contribution is -0.120. The van der Waals surface area contributed by atoms with Gasteiger partial charge in [0.1, 0.15) is 11.5 Å². The van der Waals surface area contributed by atoms with Crippen molar-refractivity contribution in [3.05, 3.63) is 29.8 Å². The van der Waals surface area contributed by atoms with Crippen LogP contribution >= 0.6 is 0 Å². The number of aryl methyl sites for hydroxylation is 1. The molecule has 15 heavy (non-hydrogen) atoms. The molecular formula is C13H18O2. The fourth-order valence-electron chi connectivity index (χ4n) is 1.48. The van der Waals surface area contributed by atoms with Gasteiger partial charge in [-0.15, -0.1) is 0 Å². The Kier molecular flexibility index (Phi) is 4.35. The van der Waals surface area contributed by atoms with Crippen LogP contribution in [-0.4, -0.2) is 12.9 Å². The SMILES string of the molecule is COc1ccccc1CCC(C)C(C)=O. The lowest BCUT2D eigenvalue weighted by atomic mass is 9.98. The van der Waals surface area contributed by atoms with Crippen molar-refractivity contribution >= 4 is 5.78 Å². The molecule has 0 saturated heterocycles. The number of hydrogen-bond acceptors (Lipinski definition) is 2. The van der Waals surface area contributed by atoms with Gasteiger partial charge in [-0.25, -0.2) is 0 Å². The molecule has 82 valence electrons. The zero-order valence-corrected chi connectivity index (χ0v) is 9.62. The average Bonchev–Trinajstić information content (AvgIpc) is 2.26. The molecule has 0 spiro atoms. The van der Waals surface area contributed by atoms with E-state index in [1.165, 1.54) is 5.56 Å². The van der Waals surface area contributed by atoms with E-state index < -0.39 is 0 Å². The molecule has 1 atom stereocenters. The summed E-state index contributed by atoms with van der Waals surface area (Å²) >= 11 is 0. The highest BCUT2D eigenvalue weighted by atomic mass is 16.5. The van der Waals surface area contributed by atoms with Crippen LogP contribution in [0.15, 0.2) is 24.3 Å². The van der Waals surface area contributed by atoms with E-state index in [2.05, 4.69) is 0 Å². The molecule has 0 aliphatic rings. The molecule has 0 aromatic heterocycles. The number of carbonyl (C=O) groups is 1. The Labute approximate surface area is 91.3 Å². The quantitative estimate of drug-likeness (QED) is 0.740. The smallest absolute Gasteiger partial charge is 0.132 e.